The number of oxime groups is 1. The summed E-state index contributed by atoms with van der Waals surface area (Å²) in [6, 6.07) is 4.13. The van der Waals surface area contributed by atoms with E-state index in [1.165, 1.54) is 0 Å². The lowest BCUT2D eigenvalue weighted by molar-refractivity contribution is 0.136. The zero-order chi connectivity index (χ0) is 15.0. The number of aromatic nitrogens is 1. The maximum Gasteiger partial charge on any atom is 0.189 e. The summed E-state index contributed by atoms with van der Waals surface area (Å²) in [5, 5.41) is 21.1. The molecule has 0 atom stereocenters. The molecule has 0 aliphatic carbocycles. The fourth-order valence-corrected chi connectivity index (χ4v) is 2.39. The van der Waals surface area contributed by atoms with Gasteiger partial charge >= 0.3 is 0 Å². The molecule has 1 aromatic rings. The van der Waals surface area contributed by atoms with E-state index in [4.69, 9.17) is 10.9 Å². The summed E-state index contributed by atoms with van der Waals surface area (Å²) in [4.78, 5) is 6.37. The van der Waals surface area contributed by atoms with Gasteiger partial charge in [0.2, 0.25) is 0 Å². The number of nitrogens with two attached hydrogens (primary N) is 1. The number of aliphatic hydroxyl groups excluding tert-OH is 1. The zero-order valence-electron chi connectivity index (χ0n) is 12.2. The predicted molar refractivity (Wildman–Crippen MR) is 78.6 cm³/mol. The second-order valence-corrected chi connectivity index (χ2v) is 4.66. The van der Waals surface area contributed by atoms with E-state index in [1.807, 2.05) is 12.1 Å². The highest BCUT2D eigenvalue weighted by molar-refractivity contribution is 5.96. The number of aliphatic hydroxyl groups is 1. The van der Waals surface area contributed by atoms with Gasteiger partial charge in [-0.3, -0.25) is 9.88 Å². The van der Waals surface area contributed by atoms with Crippen molar-refractivity contribution >= 4 is 5.84 Å². The summed E-state index contributed by atoms with van der Waals surface area (Å²) in [7, 11) is 0. The predicted octanol–water partition coefficient (Wildman–Crippen LogP) is 1.16. The second kappa shape index (κ2) is 8.50. The van der Waals surface area contributed by atoms with Crippen molar-refractivity contribution in [2.24, 2.45) is 10.9 Å². The fourth-order valence-electron chi connectivity index (χ4n) is 2.39. The molecular weight excluding hydrogens is 256 g/mol. The standard InChI is InChI=1S/C14H24N4O2/c1-3-12(4-2)18(8-9-19)10-11-6-5-7-16-13(11)14(15)17-20/h5-7,12,19-20H,3-4,8-10H2,1-2H3,(H2,15,17). The molecule has 1 aromatic heterocycles. The van der Waals surface area contributed by atoms with Crippen LogP contribution in [0.4, 0.5) is 0 Å². The van der Waals surface area contributed by atoms with Gasteiger partial charge in [0.1, 0.15) is 5.69 Å². The normalized spacial score (nSPS) is 12.3. The summed E-state index contributed by atoms with van der Waals surface area (Å²) in [6.07, 6.45) is 3.63. The minimum Gasteiger partial charge on any atom is -0.409 e. The minimum atomic E-state index is 0.00842. The quantitative estimate of drug-likeness (QED) is 0.287. The van der Waals surface area contributed by atoms with Crippen molar-refractivity contribution in [3.63, 3.8) is 0 Å². The maximum atomic E-state index is 9.23. The molecule has 20 heavy (non-hydrogen) atoms. The highest BCUT2D eigenvalue weighted by atomic mass is 16.4. The summed E-state index contributed by atoms with van der Waals surface area (Å²) >= 11 is 0. The van der Waals surface area contributed by atoms with Gasteiger partial charge in [0.05, 0.1) is 6.61 Å². The summed E-state index contributed by atoms with van der Waals surface area (Å²) in [6.45, 7) is 5.58. The molecule has 0 aliphatic rings. The average Bonchev–Trinajstić information content (AvgIpc) is 2.48. The molecule has 0 aliphatic heterocycles. The molecule has 1 heterocycles. The lowest BCUT2D eigenvalue weighted by Gasteiger charge is -2.30. The van der Waals surface area contributed by atoms with Gasteiger partial charge in [0, 0.05) is 25.3 Å². The first-order valence-corrected chi connectivity index (χ1v) is 6.94. The van der Waals surface area contributed by atoms with Crippen LogP contribution in [0, 0.1) is 0 Å². The highest BCUT2D eigenvalue weighted by Gasteiger charge is 2.17. The summed E-state index contributed by atoms with van der Waals surface area (Å²) < 4.78 is 0. The van der Waals surface area contributed by atoms with Gasteiger partial charge in [0.15, 0.2) is 5.84 Å². The number of nitrogens with zero attached hydrogens (tertiary/aromatic N) is 3. The van der Waals surface area contributed by atoms with Gasteiger partial charge in [-0.1, -0.05) is 25.1 Å². The highest BCUT2D eigenvalue weighted by Crippen LogP contribution is 2.15. The Balaban J connectivity index is 2.99. The van der Waals surface area contributed by atoms with Crippen molar-refractivity contribution in [2.75, 3.05) is 13.2 Å². The first kappa shape index (κ1) is 16.4. The first-order valence-electron chi connectivity index (χ1n) is 6.94. The molecule has 112 valence electrons. The van der Waals surface area contributed by atoms with Crippen LogP contribution >= 0.6 is 0 Å². The van der Waals surface area contributed by atoms with Crippen LogP contribution in [-0.2, 0) is 6.54 Å². The van der Waals surface area contributed by atoms with Gasteiger partial charge < -0.3 is 16.0 Å². The van der Waals surface area contributed by atoms with E-state index < -0.39 is 0 Å². The van der Waals surface area contributed by atoms with Crippen LogP contribution in [-0.4, -0.2) is 45.2 Å². The van der Waals surface area contributed by atoms with Crippen LogP contribution < -0.4 is 5.73 Å². The van der Waals surface area contributed by atoms with Gasteiger partial charge in [0.25, 0.3) is 0 Å². The SMILES string of the molecule is CCC(CC)N(CCO)Cc1cccnc1C(N)=NO. The third-order valence-electron chi connectivity index (χ3n) is 3.46. The summed E-state index contributed by atoms with van der Waals surface area (Å²) in [5.41, 5.74) is 7.04. The van der Waals surface area contributed by atoms with Crippen LogP contribution in [0.3, 0.4) is 0 Å². The second-order valence-electron chi connectivity index (χ2n) is 4.66. The molecule has 0 fully saturated rings. The van der Waals surface area contributed by atoms with E-state index in [0.717, 1.165) is 18.4 Å². The van der Waals surface area contributed by atoms with E-state index in [9.17, 15) is 5.11 Å². The van der Waals surface area contributed by atoms with Gasteiger partial charge in [-0.05, 0) is 24.5 Å². The smallest absolute Gasteiger partial charge is 0.189 e. The fraction of sp³-hybridized carbons (Fsp3) is 0.571. The first-order chi connectivity index (χ1) is 9.67. The third kappa shape index (κ3) is 4.18. The Hall–Kier alpha value is -1.66. The number of hydrogen-bond acceptors (Lipinski definition) is 5. The van der Waals surface area contributed by atoms with Crippen LogP contribution in [0.1, 0.15) is 37.9 Å². The van der Waals surface area contributed by atoms with E-state index in [1.54, 1.807) is 6.20 Å². The number of rotatable bonds is 8. The van der Waals surface area contributed by atoms with Crippen LogP contribution in [0.5, 0.6) is 0 Å². The molecule has 6 nitrogen and oxygen atoms in total. The molecule has 0 bridgehead atoms. The largest absolute Gasteiger partial charge is 0.409 e. The third-order valence-corrected chi connectivity index (χ3v) is 3.46. The zero-order valence-corrected chi connectivity index (χ0v) is 12.2. The Labute approximate surface area is 119 Å². The van der Waals surface area contributed by atoms with Crippen LogP contribution in [0.15, 0.2) is 23.5 Å². The summed E-state index contributed by atoms with van der Waals surface area (Å²) in [5.74, 6) is 0.00842. The molecule has 6 heteroatoms. The number of hydrogen-bond donors (Lipinski definition) is 3. The van der Waals surface area contributed by atoms with Crippen LogP contribution in [0.2, 0.25) is 0 Å². The monoisotopic (exact) mass is 280 g/mol. The van der Waals surface area contributed by atoms with E-state index in [2.05, 4.69) is 28.9 Å². The topological polar surface area (TPSA) is 95.0 Å². The van der Waals surface area contributed by atoms with Crippen molar-refractivity contribution in [3.8, 4) is 0 Å². The maximum absolute atomic E-state index is 9.23. The average molecular weight is 280 g/mol. The van der Waals surface area contributed by atoms with E-state index in [0.29, 0.717) is 24.8 Å². The van der Waals surface area contributed by atoms with E-state index in [-0.39, 0.29) is 12.4 Å². The van der Waals surface area contributed by atoms with Crippen molar-refractivity contribution in [1.82, 2.24) is 9.88 Å². The van der Waals surface area contributed by atoms with Crippen molar-refractivity contribution in [2.45, 2.75) is 39.3 Å². The Bertz CT molecular complexity index is 433. The van der Waals surface area contributed by atoms with Gasteiger partial charge in [-0.25, -0.2) is 0 Å². The van der Waals surface area contributed by atoms with Gasteiger partial charge in [-0.2, -0.15) is 0 Å². The molecule has 0 unspecified atom stereocenters. The molecule has 0 spiro atoms. The molecule has 0 radical (unpaired) electrons. The lowest BCUT2D eigenvalue weighted by Crippen LogP contribution is -2.37. The van der Waals surface area contributed by atoms with Crippen LogP contribution in [0.25, 0.3) is 0 Å². The van der Waals surface area contributed by atoms with E-state index >= 15 is 0 Å². The number of pyridine rings is 1. The molecule has 0 aromatic carbocycles. The van der Waals surface area contributed by atoms with Crippen molar-refractivity contribution in [3.05, 3.63) is 29.6 Å². The molecule has 1 rings (SSSR count). The Kier molecular flexibility index (Phi) is 6.97. The molecular formula is C14H24N4O2. The van der Waals surface area contributed by atoms with Gasteiger partial charge in [-0.15, -0.1) is 0 Å². The molecule has 0 amide bonds. The Morgan fingerprint density at radius 1 is 1.45 bits per heavy atom. The molecule has 4 N–H and O–H groups in total. The Morgan fingerprint density at radius 3 is 2.70 bits per heavy atom. The van der Waals surface area contributed by atoms with Crippen molar-refractivity contribution < 1.29 is 10.3 Å². The van der Waals surface area contributed by atoms with Crippen molar-refractivity contribution in [1.29, 1.82) is 0 Å². The lowest BCUT2D eigenvalue weighted by atomic mass is 10.1. The minimum absolute atomic E-state index is 0.00842. The molecule has 0 saturated carbocycles. The Morgan fingerprint density at radius 2 is 2.15 bits per heavy atom. The number of amidine groups is 1. The molecule has 0 saturated heterocycles.